The van der Waals surface area contributed by atoms with Crippen LogP contribution in [0.2, 0.25) is 0 Å². The van der Waals surface area contributed by atoms with Gasteiger partial charge in [-0.1, -0.05) is 28.1 Å². The summed E-state index contributed by atoms with van der Waals surface area (Å²) in [5, 5.41) is 0. The molecule has 2 N–H and O–H groups in total. The Kier molecular flexibility index (Phi) is 6.81. The summed E-state index contributed by atoms with van der Waals surface area (Å²) in [4.78, 5) is 2.57. The van der Waals surface area contributed by atoms with Crippen LogP contribution in [-0.2, 0) is 0 Å². The number of rotatable bonds is 3. The molecule has 0 amide bonds. The van der Waals surface area contributed by atoms with Crippen molar-refractivity contribution in [2.24, 2.45) is 11.7 Å². The van der Waals surface area contributed by atoms with Gasteiger partial charge in [-0.3, -0.25) is 4.90 Å². The number of benzene rings is 1. The third kappa shape index (κ3) is 4.45. The van der Waals surface area contributed by atoms with E-state index in [1.165, 1.54) is 24.9 Å². The first-order valence-electron chi connectivity index (χ1n) is 6.83. The van der Waals surface area contributed by atoms with Crippen molar-refractivity contribution in [3.8, 4) is 0 Å². The fourth-order valence-corrected chi connectivity index (χ4v) is 3.22. The molecule has 2 rings (SSSR count). The number of nitrogens with two attached hydrogens (primary N) is 1. The van der Waals surface area contributed by atoms with Crippen LogP contribution in [-0.4, -0.2) is 24.0 Å². The second-order valence-electron chi connectivity index (χ2n) is 5.49. The van der Waals surface area contributed by atoms with E-state index in [1.54, 1.807) is 0 Å². The van der Waals surface area contributed by atoms with Crippen molar-refractivity contribution < 1.29 is 0 Å². The summed E-state index contributed by atoms with van der Waals surface area (Å²) in [6, 6.07) is 9.41. The van der Waals surface area contributed by atoms with Crippen molar-refractivity contribution in [1.29, 1.82) is 0 Å². The molecule has 1 aromatic carbocycles. The molecule has 4 heteroatoms. The van der Waals surface area contributed by atoms with Crippen molar-refractivity contribution in [1.82, 2.24) is 4.90 Å². The van der Waals surface area contributed by atoms with Crippen LogP contribution in [0.25, 0.3) is 0 Å². The molecule has 108 valence electrons. The molecule has 0 bridgehead atoms. The van der Waals surface area contributed by atoms with E-state index in [0.717, 1.165) is 11.0 Å². The highest BCUT2D eigenvalue weighted by molar-refractivity contribution is 9.10. The summed E-state index contributed by atoms with van der Waals surface area (Å²) in [6.07, 6.45) is 2.55. The van der Waals surface area contributed by atoms with Crippen LogP contribution in [0, 0.1) is 5.92 Å². The number of likely N-dealkylation sites (tertiary alicyclic amines) is 1. The zero-order valence-electron chi connectivity index (χ0n) is 11.7. The SMILES string of the molecule is CC(N)C1CCCN(C(C)c2cccc(Br)c2)C1.Cl. The lowest BCUT2D eigenvalue weighted by molar-refractivity contribution is 0.121. The van der Waals surface area contributed by atoms with Crippen molar-refractivity contribution >= 4 is 28.3 Å². The molecular weight excluding hydrogens is 324 g/mol. The van der Waals surface area contributed by atoms with Gasteiger partial charge in [-0.05, 0) is 56.8 Å². The summed E-state index contributed by atoms with van der Waals surface area (Å²) in [6.45, 7) is 6.76. The zero-order valence-corrected chi connectivity index (χ0v) is 14.1. The van der Waals surface area contributed by atoms with E-state index in [9.17, 15) is 0 Å². The molecule has 3 atom stereocenters. The molecule has 0 aromatic heterocycles. The largest absolute Gasteiger partial charge is 0.328 e. The van der Waals surface area contributed by atoms with E-state index < -0.39 is 0 Å². The van der Waals surface area contributed by atoms with Crippen LogP contribution in [0.1, 0.15) is 38.3 Å². The predicted molar refractivity (Wildman–Crippen MR) is 87.8 cm³/mol. The molecule has 0 saturated carbocycles. The fraction of sp³-hybridized carbons (Fsp3) is 0.600. The molecular formula is C15H24BrClN2. The van der Waals surface area contributed by atoms with Crippen LogP contribution in [0.15, 0.2) is 28.7 Å². The molecule has 1 aliphatic heterocycles. The third-order valence-corrected chi connectivity index (χ3v) is 4.60. The van der Waals surface area contributed by atoms with Gasteiger partial charge in [0, 0.05) is 23.1 Å². The minimum absolute atomic E-state index is 0. The quantitative estimate of drug-likeness (QED) is 0.895. The molecule has 1 fully saturated rings. The fourth-order valence-electron chi connectivity index (χ4n) is 2.80. The van der Waals surface area contributed by atoms with Gasteiger partial charge in [0.05, 0.1) is 0 Å². The average molecular weight is 348 g/mol. The minimum atomic E-state index is 0. The lowest BCUT2D eigenvalue weighted by atomic mass is 9.90. The highest BCUT2D eigenvalue weighted by Crippen LogP contribution is 2.28. The summed E-state index contributed by atoms with van der Waals surface area (Å²) in [7, 11) is 0. The Morgan fingerprint density at radius 2 is 2.11 bits per heavy atom. The molecule has 0 radical (unpaired) electrons. The highest BCUT2D eigenvalue weighted by atomic mass is 79.9. The van der Waals surface area contributed by atoms with Crippen LogP contribution in [0.5, 0.6) is 0 Å². The van der Waals surface area contributed by atoms with Crippen molar-refractivity contribution in [2.45, 2.75) is 38.8 Å². The maximum Gasteiger partial charge on any atom is 0.0320 e. The van der Waals surface area contributed by atoms with Crippen LogP contribution in [0.4, 0.5) is 0 Å². The first-order chi connectivity index (χ1) is 8.58. The number of halogens is 2. The molecule has 3 unspecified atom stereocenters. The normalized spacial score (nSPS) is 23.5. The molecule has 1 saturated heterocycles. The van der Waals surface area contributed by atoms with Gasteiger partial charge in [0.1, 0.15) is 0 Å². The number of piperidine rings is 1. The third-order valence-electron chi connectivity index (χ3n) is 4.11. The van der Waals surface area contributed by atoms with E-state index in [-0.39, 0.29) is 12.4 Å². The number of hydrogen-bond donors (Lipinski definition) is 1. The molecule has 0 spiro atoms. The molecule has 0 aliphatic carbocycles. The molecule has 1 heterocycles. The van der Waals surface area contributed by atoms with Gasteiger partial charge in [-0.2, -0.15) is 0 Å². The summed E-state index contributed by atoms with van der Waals surface area (Å²) < 4.78 is 1.16. The summed E-state index contributed by atoms with van der Waals surface area (Å²) in [5.74, 6) is 0.647. The highest BCUT2D eigenvalue weighted by Gasteiger charge is 2.26. The molecule has 1 aromatic rings. The standard InChI is InChI=1S/C15H23BrN2.ClH/c1-11(17)14-6-4-8-18(10-14)12(2)13-5-3-7-15(16)9-13;/h3,5,7,9,11-12,14H,4,6,8,10,17H2,1-2H3;1H. The van der Waals surface area contributed by atoms with Crippen LogP contribution >= 0.6 is 28.3 Å². The van der Waals surface area contributed by atoms with Crippen molar-refractivity contribution in [2.75, 3.05) is 13.1 Å². The number of nitrogens with zero attached hydrogens (tertiary/aromatic N) is 1. The average Bonchev–Trinajstić information content (AvgIpc) is 2.38. The van der Waals surface area contributed by atoms with Gasteiger partial charge in [-0.15, -0.1) is 12.4 Å². The summed E-state index contributed by atoms with van der Waals surface area (Å²) >= 11 is 3.55. The predicted octanol–water partition coefficient (Wildman–Crippen LogP) is 3.99. The van der Waals surface area contributed by atoms with Crippen LogP contribution in [0.3, 0.4) is 0 Å². The maximum atomic E-state index is 6.06. The Morgan fingerprint density at radius 3 is 2.74 bits per heavy atom. The van der Waals surface area contributed by atoms with Gasteiger partial charge in [0.15, 0.2) is 0 Å². The van der Waals surface area contributed by atoms with Gasteiger partial charge in [0.2, 0.25) is 0 Å². The maximum absolute atomic E-state index is 6.06. The van der Waals surface area contributed by atoms with Gasteiger partial charge < -0.3 is 5.73 Å². The van der Waals surface area contributed by atoms with Crippen molar-refractivity contribution in [3.05, 3.63) is 34.3 Å². The van der Waals surface area contributed by atoms with E-state index in [0.29, 0.717) is 18.0 Å². The molecule has 2 nitrogen and oxygen atoms in total. The Bertz CT molecular complexity index is 397. The van der Waals surface area contributed by atoms with E-state index in [2.05, 4.69) is 58.9 Å². The van der Waals surface area contributed by atoms with E-state index in [1.807, 2.05) is 0 Å². The van der Waals surface area contributed by atoms with Crippen molar-refractivity contribution in [3.63, 3.8) is 0 Å². The second kappa shape index (κ2) is 7.63. The Hall–Kier alpha value is -0.0900. The van der Waals surface area contributed by atoms with E-state index in [4.69, 9.17) is 5.73 Å². The Balaban J connectivity index is 0.00000180. The van der Waals surface area contributed by atoms with Gasteiger partial charge in [-0.25, -0.2) is 0 Å². The summed E-state index contributed by atoms with van der Waals surface area (Å²) in [5.41, 5.74) is 7.44. The first kappa shape index (κ1) is 17.0. The van der Waals surface area contributed by atoms with E-state index >= 15 is 0 Å². The Labute approximate surface area is 131 Å². The Morgan fingerprint density at radius 1 is 1.37 bits per heavy atom. The lowest BCUT2D eigenvalue weighted by Gasteiger charge is -2.38. The van der Waals surface area contributed by atoms with Crippen LogP contribution < -0.4 is 5.73 Å². The molecule has 1 aliphatic rings. The topological polar surface area (TPSA) is 29.3 Å². The minimum Gasteiger partial charge on any atom is -0.328 e. The monoisotopic (exact) mass is 346 g/mol. The lowest BCUT2D eigenvalue weighted by Crippen LogP contribution is -2.43. The smallest absolute Gasteiger partial charge is 0.0320 e. The van der Waals surface area contributed by atoms with Gasteiger partial charge >= 0.3 is 0 Å². The number of hydrogen-bond acceptors (Lipinski definition) is 2. The zero-order chi connectivity index (χ0) is 13.1. The van der Waals surface area contributed by atoms with Gasteiger partial charge in [0.25, 0.3) is 0 Å². The molecule has 19 heavy (non-hydrogen) atoms. The first-order valence-corrected chi connectivity index (χ1v) is 7.62. The second-order valence-corrected chi connectivity index (χ2v) is 6.40.